The first-order valence-electron chi connectivity index (χ1n) is 18.4. The molecule has 8 bridgehead atoms. The highest BCUT2D eigenvalue weighted by Crippen LogP contribution is 2.56. The predicted molar refractivity (Wildman–Crippen MR) is 193 cm³/mol. The molecule has 9 rings (SSSR count). The SMILES string of the molecule is Cl.Cl.N=C(N)N(CCCN1CCN(CCCN(C(=N)N)C(=O)NC23CC4CC(CC(C4)C2)C3)CC1)C(=O)NC12CC3CC(CC(C3)C1)C2. The standard InChI is InChI=1S/C34H58N10O2.2ClH/c35-29(36)43(31(45)39-33-17-23-11-24(18-33)13-25(12-23)19-33)5-1-3-41-7-9-42(10-8-41)4-2-6-44(30(37)38)32(46)40-34-20-26-14-27(21-34)16-28(15-26)22-34;;/h23-28H,1-22H2,(H3,35,36)(H3,37,38)(H,39,45)(H,40,46);2*1H. The topological polar surface area (TPSA) is 171 Å². The second-order valence-corrected chi connectivity index (χ2v) is 16.7. The van der Waals surface area contributed by atoms with Crippen LogP contribution in [0.25, 0.3) is 0 Å². The number of nitrogens with zero attached hydrogens (tertiary/aromatic N) is 4. The van der Waals surface area contributed by atoms with Crippen molar-refractivity contribution in [3.63, 3.8) is 0 Å². The molecule has 1 aliphatic heterocycles. The zero-order valence-corrected chi connectivity index (χ0v) is 30.2. The Morgan fingerprint density at radius 3 is 1.10 bits per heavy atom. The molecule has 0 aromatic heterocycles. The molecule has 0 atom stereocenters. The number of hydrogen-bond acceptors (Lipinski definition) is 6. The molecule has 1 heterocycles. The summed E-state index contributed by atoms with van der Waals surface area (Å²) in [5, 5.41) is 22.9. The molecule has 8 saturated carbocycles. The van der Waals surface area contributed by atoms with Gasteiger partial charge in [-0.05, 0) is 138 Å². The lowest BCUT2D eigenvalue weighted by Crippen LogP contribution is -2.63. The van der Waals surface area contributed by atoms with Crippen LogP contribution in [-0.2, 0) is 0 Å². The van der Waals surface area contributed by atoms with E-state index in [9.17, 15) is 9.59 Å². The largest absolute Gasteiger partial charge is 0.370 e. The third kappa shape index (κ3) is 8.13. The van der Waals surface area contributed by atoms with Crippen LogP contribution in [0, 0.1) is 46.3 Å². The van der Waals surface area contributed by atoms with Gasteiger partial charge in [0.1, 0.15) is 0 Å². The molecule has 48 heavy (non-hydrogen) atoms. The van der Waals surface area contributed by atoms with Gasteiger partial charge in [-0.15, -0.1) is 24.8 Å². The number of carbonyl (C=O) groups is 2. The molecule has 12 nitrogen and oxygen atoms in total. The zero-order chi connectivity index (χ0) is 32.1. The van der Waals surface area contributed by atoms with Gasteiger partial charge in [-0.1, -0.05) is 0 Å². The molecule has 9 fully saturated rings. The van der Waals surface area contributed by atoms with Crippen LogP contribution in [0.2, 0.25) is 0 Å². The number of halogens is 2. The van der Waals surface area contributed by atoms with Crippen LogP contribution >= 0.6 is 24.8 Å². The quantitative estimate of drug-likeness (QED) is 0.148. The van der Waals surface area contributed by atoms with Crippen molar-refractivity contribution in [2.45, 2.75) is 101 Å². The highest BCUT2D eigenvalue weighted by Gasteiger charge is 2.53. The van der Waals surface area contributed by atoms with Gasteiger partial charge in [-0.2, -0.15) is 0 Å². The van der Waals surface area contributed by atoms with Crippen LogP contribution < -0.4 is 22.1 Å². The molecule has 8 aliphatic carbocycles. The van der Waals surface area contributed by atoms with Crippen LogP contribution in [0.1, 0.15) is 89.9 Å². The molecule has 0 spiro atoms. The molecule has 0 aromatic rings. The Hall–Kier alpha value is -2.02. The molecule has 0 radical (unpaired) electrons. The number of amides is 4. The Morgan fingerprint density at radius 2 is 0.854 bits per heavy atom. The van der Waals surface area contributed by atoms with Crippen LogP contribution in [0.4, 0.5) is 9.59 Å². The Kier molecular flexibility index (Phi) is 11.7. The van der Waals surface area contributed by atoms with E-state index in [1.165, 1.54) is 48.3 Å². The summed E-state index contributed by atoms with van der Waals surface area (Å²) in [6.45, 7) is 6.44. The van der Waals surface area contributed by atoms with Gasteiger partial charge in [0, 0.05) is 50.3 Å². The lowest BCUT2D eigenvalue weighted by Gasteiger charge is -2.57. The van der Waals surface area contributed by atoms with Crippen molar-refractivity contribution in [1.29, 1.82) is 10.8 Å². The summed E-state index contributed by atoms with van der Waals surface area (Å²) in [4.78, 5) is 34.3. The van der Waals surface area contributed by atoms with Gasteiger partial charge in [0.2, 0.25) is 0 Å². The van der Waals surface area contributed by atoms with Crippen molar-refractivity contribution >= 4 is 48.8 Å². The van der Waals surface area contributed by atoms with Gasteiger partial charge in [-0.25, -0.2) is 9.59 Å². The smallest absolute Gasteiger partial charge is 0.324 e. The maximum atomic E-state index is 13.3. The number of hydrogen-bond donors (Lipinski definition) is 6. The van der Waals surface area contributed by atoms with Crippen LogP contribution in [0.5, 0.6) is 0 Å². The number of guanidine groups is 2. The molecule has 14 heteroatoms. The van der Waals surface area contributed by atoms with Gasteiger partial charge in [0.25, 0.3) is 0 Å². The number of carbonyl (C=O) groups excluding carboxylic acids is 2. The average molecular weight is 712 g/mol. The van der Waals surface area contributed by atoms with E-state index in [-0.39, 0.29) is 59.9 Å². The lowest BCUT2D eigenvalue weighted by molar-refractivity contribution is -0.0151. The van der Waals surface area contributed by atoms with Gasteiger partial charge in [0.05, 0.1) is 0 Å². The first kappa shape index (κ1) is 37.2. The molecule has 272 valence electrons. The second-order valence-electron chi connectivity index (χ2n) is 16.7. The molecule has 1 saturated heterocycles. The minimum absolute atomic E-state index is 0. The highest BCUT2D eigenvalue weighted by atomic mass is 35.5. The molecule has 4 amide bonds. The second kappa shape index (κ2) is 15.1. The highest BCUT2D eigenvalue weighted by molar-refractivity contribution is 5.94. The number of nitrogens with two attached hydrogens (primary N) is 2. The Morgan fingerprint density at radius 1 is 0.583 bits per heavy atom. The van der Waals surface area contributed by atoms with Crippen LogP contribution in [-0.4, -0.2) is 107 Å². The van der Waals surface area contributed by atoms with Crippen molar-refractivity contribution < 1.29 is 9.59 Å². The van der Waals surface area contributed by atoms with Crippen molar-refractivity contribution in [2.24, 2.45) is 47.0 Å². The summed E-state index contributed by atoms with van der Waals surface area (Å²) in [7, 11) is 0. The van der Waals surface area contributed by atoms with E-state index in [2.05, 4.69) is 20.4 Å². The van der Waals surface area contributed by atoms with E-state index in [0.29, 0.717) is 13.1 Å². The average Bonchev–Trinajstić information content (AvgIpc) is 2.95. The molecule has 8 N–H and O–H groups in total. The lowest BCUT2D eigenvalue weighted by atomic mass is 9.53. The molecule has 9 aliphatic rings. The molecular formula is C34H60Cl2N10O2. The van der Waals surface area contributed by atoms with Crippen molar-refractivity contribution in [3.05, 3.63) is 0 Å². The zero-order valence-electron chi connectivity index (χ0n) is 28.6. The Balaban J connectivity index is 0.00000225. The number of urea groups is 2. The normalized spacial score (nSPS) is 36.1. The summed E-state index contributed by atoms with van der Waals surface area (Å²) >= 11 is 0. The summed E-state index contributed by atoms with van der Waals surface area (Å²) < 4.78 is 0. The van der Waals surface area contributed by atoms with Gasteiger partial charge in [-0.3, -0.25) is 20.6 Å². The summed E-state index contributed by atoms with van der Waals surface area (Å²) in [5.41, 5.74) is 11.6. The fourth-order valence-corrected chi connectivity index (χ4v) is 11.9. The maximum Gasteiger partial charge on any atom is 0.324 e. The van der Waals surface area contributed by atoms with Crippen molar-refractivity contribution in [2.75, 3.05) is 52.4 Å². The number of nitrogens with one attached hydrogen (secondary N) is 4. The third-order valence-corrected chi connectivity index (χ3v) is 13.1. The van der Waals surface area contributed by atoms with Gasteiger partial charge in [0.15, 0.2) is 11.9 Å². The molecule has 0 aromatic carbocycles. The Labute approximate surface area is 299 Å². The van der Waals surface area contributed by atoms with Crippen molar-refractivity contribution in [3.8, 4) is 0 Å². The molecular weight excluding hydrogens is 651 g/mol. The molecule has 0 unspecified atom stereocenters. The first-order valence-corrected chi connectivity index (χ1v) is 18.4. The van der Waals surface area contributed by atoms with E-state index in [0.717, 1.165) is 126 Å². The van der Waals surface area contributed by atoms with E-state index in [4.69, 9.17) is 22.3 Å². The minimum Gasteiger partial charge on any atom is -0.370 e. The summed E-state index contributed by atoms with van der Waals surface area (Å²) in [5.74, 6) is 4.16. The third-order valence-electron chi connectivity index (χ3n) is 13.1. The van der Waals surface area contributed by atoms with E-state index in [1.807, 2.05) is 0 Å². The van der Waals surface area contributed by atoms with E-state index in [1.54, 1.807) is 0 Å². The first-order chi connectivity index (χ1) is 22.1. The fraction of sp³-hybridized carbons (Fsp3) is 0.882. The van der Waals surface area contributed by atoms with E-state index >= 15 is 0 Å². The summed E-state index contributed by atoms with van der Waals surface area (Å²) in [6.07, 6.45) is 16.0. The monoisotopic (exact) mass is 710 g/mol. The van der Waals surface area contributed by atoms with Crippen LogP contribution in [0.15, 0.2) is 0 Å². The maximum absolute atomic E-state index is 13.3. The van der Waals surface area contributed by atoms with Gasteiger partial charge >= 0.3 is 12.1 Å². The van der Waals surface area contributed by atoms with Crippen molar-refractivity contribution in [1.82, 2.24) is 30.2 Å². The minimum atomic E-state index is -0.189. The fourth-order valence-electron chi connectivity index (χ4n) is 11.9. The number of rotatable bonds is 10. The Bertz CT molecular complexity index is 1030. The number of piperazine rings is 1. The van der Waals surface area contributed by atoms with E-state index < -0.39 is 0 Å². The van der Waals surface area contributed by atoms with Gasteiger partial charge < -0.3 is 31.9 Å². The van der Waals surface area contributed by atoms with Crippen LogP contribution in [0.3, 0.4) is 0 Å². The summed E-state index contributed by atoms with van der Waals surface area (Å²) in [6, 6.07) is -0.379. The predicted octanol–water partition coefficient (Wildman–Crippen LogP) is 3.98.